The molecule has 0 N–H and O–H groups in total. The highest BCUT2D eigenvalue weighted by Gasteiger charge is 2.57. The highest BCUT2D eigenvalue weighted by Crippen LogP contribution is 2.52. The maximum absolute atomic E-state index is 13.7. The molecule has 1 spiro atoms. The van der Waals surface area contributed by atoms with E-state index >= 15 is 0 Å². The number of hydroxylamine groups is 2. The summed E-state index contributed by atoms with van der Waals surface area (Å²) in [5.74, 6) is -0.171. The summed E-state index contributed by atoms with van der Waals surface area (Å²) < 4.78 is 10.4. The summed E-state index contributed by atoms with van der Waals surface area (Å²) >= 11 is 0. The zero-order valence-corrected chi connectivity index (χ0v) is 20.3. The van der Waals surface area contributed by atoms with E-state index in [0.29, 0.717) is 38.2 Å². The molecule has 36 heavy (non-hydrogen) atoms. The predicted octanol–water partition coefficient (Wildman–Crippen LogP) is 2.84. The summed E-state index contributed by atoms with van der Waals surface area (Å²) in [5.41, 5.74) is 2.42. The molecule has 1 atom stereocenters. The maximum Gasteiger partial charge on any atom is 0.527 e. The van der Waals surface area contributed by atoms with E-state index in [1.807, 2.05) is 23.1 Å². The van der Waals surface area contributed by atoms with Gasteiger partial charge in [0.15, 0.2) is 5.60 Å². The highest BCUT2D eigenvalue weighted by atomic mass is 16.8. The molecule has 2 saturated heterocycles. The molecule has 1 saturated carbocycles. The molecule has 1 aliphatic carbocycles. The van der Waals surface area contributed by atoms with Crippen LogP contribution in [0.15, 0.2) is 48.5 Å². The summed E-state index contributed by atoms with van der Waals surface area (Å²) in [5, 5.41) is 1.61. The molecule has 3 aliphatic heterocycles. The van der Waals surface area contributed by atoms with Crippen molar-refractivity contribution in [2.24, 2.45) is 0 Å². The molecule has 9 heteroatoms. The van der Waals surface area contributed by atoms with E-state index in [2.05, 4.69) is 33.9 Å². The molecule has 9 nitrogen and oxygen atoms in total. The summed E-state index contributed by atoms with van der Waals surface area (Å²) in [6.07, 6.45) is 1.58. The van der Waals surface area contributed by atoms with E-state index in [4.69, 9.17) is 9.57 Å². The smallest absolute Gasteiger partial charge is 0.449 e. The average molecular weight is 492 g/mol. The Morgan fingerprint density at radius 3 is 2.33 bits per heavy atom. The number of fused-ring (bicyclic) bond motifs is 2. The molecular formula is C27H29N3O6. The molecular weight excluding hydrogens is 462 g/mol. The van der Waals surface area contributed by atoms with Crippen molar-refractivity contribution in [1.29, 1.82) is 0 Å². The Morgan fingerprint density at radius 2 is 1.64 bits per heavy atom. The van der Waals surface area contributed by atoms with Gasteiger partial charge >= 0.3 is 12.1 Å². The Balaban J connectivity index is 1.12. The van der Waals surface area contributed by atoms with Crippen LogP contribution in [-0.2, 0) is 30.1 Å². The molecule has 0 aromatic heterocycles. The first-order valence-corrected chi connectivity index (χ1v) is 12.4. The summed E-state index contributed by atoms with van der Waals surface area (Å²) in [4.78, 5) is 46.7. The third kappa shape index (κ3) is 3.69. The summed E-state index contributed by atoms with van der Waals surface area (Å²) in [6, 6.07) is 15.8. The molecule has 3 heterocycles. The molecule has 4 aliphatic rings. The number of likely N-dealkylation sites (tertiary alicyclic amines) is 1. The van der Waals surface area contributed by atoms with E-state index in [-0.39, 0.29) is 11.9 Å². The number of rotatable bonds is 4. The molecule has 1 amide bonds. The zero-order valence-electron chi connectivity index (χ0n) is 20.3. The van der Waals surface area contributed by atoms with E-state index in [0.717, 1.165) is 42.7 Å². The second kappa shape index (κ2) is 8.51. The SMILES string of the molecule is COC(=O)ON1CCN(c2ccc(C3(C(=O)N4CCC5(C4)OC(=O)c4ccccc45)CC3)cc2)CC1. The second-order valence-electron chi connectivity index (χ2n) is 10.00. The first-order valence-electron chi connectivity index (χ1n) is 12.4. The number of carbonyl (C=O) groups is 3. The van der Waals surface area contributed by atoms with Crippen LogP contribution in [0.1, 0.15) is 40.7 Å². The molecule has 2 aromatic rings. The molecule has 0 radical (unpaired) electrons. The Labute approximate surface area is 209 Å². The van der Waals surface area contributed by atoms with Gasteiger partial charge in [-0.2, -0.15) is 0 Å². The number of amides is 1. The van der Waals surface area contributed by atoms with Crippen molar-refractivity contribution in [3.63, 3.8) is 0 Å². The van der Waals surface area contributed by atoms with Crippen LogP contribution in [0.3, 0.4) is 0 Å². The summed E-state index contributed by atoms with van der Waals surface area (Å²) in [7, 11) is 1.29. The normalized spacial score (nSPS) is 24.4. The van der Waals surface area contributed by atoms with Gasteiger partial charge in [0, 0.05) is 37.3 Å². The van der Waals surface area contributed by atoms with Gasteiger partial charge < -0.3 is 24.1 Å². The molecule has 3 fully saturated rings. The first-order chi connectivity index (χ1) is 17.4. The number of esters is 1. The number of anilines is 1. The lowest BCUT2D eigenvalue weighted by Crippen LogP contribution is -2.47. The Morgan fingerprint density at radius 1 is 0.917 bits per heavy atom. The fourth-order valence-corrected chi connectivity index (χ4v) is 5.83. The van der Waals surface area contributed by atoms with E-state index in [1.54, 1.807) is 11.1 Å². The second-order valence-corrected chi connectivity index (χ2v) is 10.00. The standard InChI is InChI=1S/C27H29N3O6/c1-34-25(33)36-30-16-14-28(15-17-30)20-8-6-19(7-9-20)26(10-11-26)24(32)29-13-12-27(18-29)22-5-3-2-4-21(22)23(31)35-27/h2-9H,10-18H2,1H3. The number of methoxy groups -OCH3 is 1. The van der Waals surface area contributed by atoms with Crippen molar-refractivity contribution < 1.29 is 28.7 Å². The van der Waals surface area contributed by atoms with Crippen LogP contribution in [0.4, 0.5) is 10.5 Å². The van der Waals surface area contributed by atoms with Crippen LogP contribution in [-0.4, -0.2) is 74.4 Å². The topological polar surface area (TPSA) is 88.6 Å². The van der Waals surface area contributed by atoms with Crippen molar-refractivity contribution in [2.45, 2.75) is 30.3 Å². The Hall–Kier alpha value is -3.59. The van der Waals surface area contributed by atoms with Gasteiger partial charge in [0.1, 0.15) is 0 Å². The third-order valence-electron chi connectivity index (χ3n) is 8.00. The lowest BCUT2D eigenvalue weighted by atomic mass is 9.91. The van der Waals surface area contributed by atoms with Crippen LogP contribution in [0.25, 0.3) is 0 Å². The van der Waals surface area contributed by atoms with Gasteiger partial charge in [0.2, 0.25) is 5.91 Å². The van der Waals surface area contributed by atoms with Gasteiger partial charge in [-0.1, -0.05) is 30.3 Å². The van der Waals surface area contributed by atoms with Gasteiger partial charge in [0.05, 0.1) is 37.7 Å². The number of hydrogen-bond acceptors (Lipinski definition) is 8. The monoisotopic (exact) mass is 491 g/mol. The van der Waals surface area contributed by atoms with Crippen molar-refractivity contribution in [2.75, 3.05) is 51.3 Å². The van der Waals surface area contributed by atoms with Crippen molar-refractivity contribution >= 4 is 23.7 Å². The third-order valence-corrected chi connectivity index (χ3v) is 8.00. The molecule has 0 bridgehead atoms. The van der Waals surface area contributed by atoms with Crippen LogP contribution < -0.4 is 4.90 Å². The lowest BCUT2D eigenvalue weighted by molar-refractivity contribution is -0.134. The lowest BCUT2D eigenvalue weighted by Gasteiger charge is -2.34. The number of ether oxygens (including phenoxy) is 2. The fraction of sp³-hybridized carbons (Fsp3) is 0.444. The number of nitrogens with zero attached hydrogens (tertiary/aromatic N) is 3. The predicted molar refractivity (Wildman–Crippen MR) is 129 cm³/mol. The van der Waals surface area contributed by atoms with Crippen molar-refractivity contribution in [1.82, 2.24) is 9.96 Å². The summed E-state index contributed by atoms with van der Waals surface area (Å²) in [6.45, 7) is 3.60. The minimum atomic E-state index is -0.719. The van der Waals surface area contributed by atoms with Crippen LogP contribution in [0.2, 0.25) is 0 Å². The van der Waals surface area contributed by atoms with Crippen LogP contribution in [0.5, 0.6) is 0 Å². The number of hydrogen-bond donors (Lipinski definition) is 0. The van der Waals surface area contributed by atoms with Gasteiger partial charge in [-0.3, -0.25) is 4.79 Å². The fourth-order valence-electron chi connectivity index (χ4n) is 5.83. The number of benzene rings is 2. The average Bonchev–Trinajstić information content (AvgIpc) is 3.55. The van der Waals surface area contributed by atoms with E-state index in [9.17, 15) is 14.4 Å². The van der Waals surface area contributed by atoms with Crippen LogP contribution >= 0.6 is 0 Å². The zero-order chi connectivity index (χ0) is 24.9. The Kier molecular flexibility index (Phi) is 5.40. The van der Waals surface area contributed by atoms with Gasteiger partial charge in [-0.15, -0.1) is 5.06 Å². The first kappa shape index (κ1) is 22.8. The van der Waals surface area contributed by atoms with Gasteiger partial charge in [-0.05, 0) is 36.6 Å². The van der Waals surface area contributed by atoms with Crippen molar-refractivity contribution in [3.8, 4) is 0 Å². The van der Waals surface area contributed by atoms with E-state index in [1.165, 1.54) is 7.11 Å². The van der Waals surface area contributed by atoms with Crippen molar-refractivity contribution in [3.05, 3.63) is 65.2 Å². The quantitative estimate of drug-likeness (QED) is 0.604. The maximum atomic E-state index is 13.7. The molecule has 1 unspecified atom stereocenters. The largest absolute Gasteiger partial charge is 0.527 e. The number of carbonyl (C=O) groups excluding carboxylic acids is 3. The number of piperazine rings is 1. The highest BCUT2D eigenvalue weighted by molar-refractivity contribution is 5.96. The Bertz CT molecular complexity index is 1200. The minimum absolute atomic E-state index is 0.126. The van der Waals surface area contributed by atoms with Gasteiger partial charge in [0.25, 0.3) is 0 Å². The van der Waals surface area contributed by atoms with Crippen LogP contribution in [0, 0.1) is 0 Å². The molecule has 2 aromatic carbocycles. The molecule has 188 valence electrons. The minimum Gasteiger partial charge on any atom is -0.449 e. The van der Waals surface area contributed by atoms with E-state index < -0.39 is 17.2 Å². The molecule has 6 rings (SSSR count). The van der Waals surface area contributed by atoms with Gasteiger partial charge in [-0.25, -0.2) is 9.59 Å².